The summed E-state index contributed by atoms with van der Waals surface area (Å²) in [5, 5.41) is 2.59. The Morgan fingerprint density at radius 3 is 2.38 bits per heavy atom. The quantitative estimate of drug-likeness (QED) is 0.859. The van der Waals surface area contributed by atoms with Crippen molar-refractivity contribution in [1.82, 2.24) is 14.4 Å². The minimum atomic E-state index is -0.336. The number of aromatic nitrogens is 1. The topological polar surface area (TPSA) is 74.7 Å². The molecule has 2 heterocycles. The van der Waals surface area contributed by atoms with Crippen molar-refractivity contribution in [2.45, 2.75) is 33.7 Å². The van der Waals surface area contributed by atoms with E-state index < -0.39 is 0 Å². The van der Waals surface area contributed by atoms with Crippen molar-refractivity contribution in [2.75, 3.05) is 38.0 Å². The Hall–Kier alpha value is -2.15. The number of likely N-dealkylation sites (N-methyl/N-ethyl adjacent to an activating group) is 1. The van der Waals surface area contributed by atoms with Gasteiger partial charge in [0.15, 0.2) is 0 Å². The molecule has 1 saturated heterocycles. The van der Waals surface area contributed by atoms with Crippen LogP contribution >= 0.6 is 0 Å². The first-order valence-corrected chi connectivity index (χ1v) is 8.46. The highest BCUT2D eigenvalue weighted by Gasteiger charge is 2.21. The summed E-state index contributed by atoms with van der Waals surface area (Å²) in [7, 11) is 0. The third-order valence-corrected chi connectivity index (χ3v) is 4.45. The van der Waals surface area contributed by atoms with Gasteiger partial charge in [-0.1, -0.05) is 13.8 Å². The normalized spacial score (nSPS) is 15.4. The van der Waals surface area contributed by atoms with Crippen LogP contribution in [0.4, 0.5) is 5.69 Å². The molecular formula is C17H26N4O3. The number of nitrogens with one attached hydrogen (secondary N) is 1. The molecule has 0 saturated carbocycles. The van der Waals surface area contributed by atoms with Gasteiger partial charge in [-0.25, -0.2) is 0 Å². The molecule has 2 rings (SSSR count). The van der Waals surface area contributed by atoms with Crippen molar-refractivity contribution >= 4 is 17.5 Å². The number of carbonyl (C=O) groups is 2. The lowest BCUT2D eigenvalue weighted by atomic mass is 10.2. The number of aryl methyl sites for hydroxylation is 1. The van der Waals surface area contributed by atoms with Gasteiger partial charge in [-0.3, -0.25) is 14.4 Å². The standard InChI is InChI=1S/C17H26N4O3/c1-4-15(22)18-14-7-6-13(3)21(17(14)24)12-16(23)20-10-8-19(5-2)9-11-20/h6-7H,4-5,8-12H2,1-3H3,(H,18,22). The number of nitrogens with zero attached hydrogens (tertiary/aromatic N) is 3. The van der Waals surface area contributed by atoms with Gasteiger partial charge in [0.2, 0.25) is 11.8 Å². The lowest BCUT2D eigenvalue weighted by molar-refractivity contribution is -0.133. The molecule has 0 aliphatic carbocycles. The fourth-order valence-corrected chi connectivity index (χ4v) is 2.75. The summed E-state index contributed by atoms with van der Waals surface area (Å²) in [4.78, 5) is 40.7. The van der Waals surface area contributed by atoms with E-state index in [0.29, 0.717) is 25.2 Å². The molecule has 132 valence electrons. The number of hydrogen-bond acceptors (Lipinski definition) is 4. The van der Waals surface area contributed by atoms with Crippen molar-refractivity contribution in [3.63, 3.8) is 0 Å². The number of piperazine rings is 1. The van der Waals surface area contributed by atoms with E-state index in [4.69, 9.17) is 0 Å². The third-order valence-electron chi connectivity index (χ3n) is 4.45. The Kier molecular flexibility index (Phi) is 6.14. The molecule has 1 aliphatic heterocycles. The largest absolute Gasteiger partial charge is 0.339 e. The van der Waals surface area contributed by atoms with Gasteiger partial charge in [0.25, 0.3) is 5.56 Å². The maximum absolute atomic E-state index is 12.5. The number of anilines is 1. The first-order chi connectivity index (χ1) is 11.5. The summed E-state index contributed by atoms with van der Waals surface area (Å²) in [5.74, 6) is -0.278. The van der Waals surface area contributed by atoms with Crippen LogP contribution in [0.1, 0.15) is 26.0 Å². The van der Waals surface area contributed by atoms with Crippen LogP contribution in [-0.4, -0.2) is 58.9 Å². The SMILES string of the molecule is CCC(=O)Nc1ccc(C)n(CC(=O)N2CCN(CC)CC2)c1=O. The molecule has 1 aromatic rings. The lowest BCUT2D eigenvalue weighted by Crippen LogP contribution is -2.50. The second-order valence-electron chi connectivity index (χ2n) is 6.00. The molecule has 0 bridgehead atoms. The maximum atomic E-state index is 12.5. The Balaban J connectivity index is 2.11. The van der Waals surface area contributed by atoms with E-state index in [0.717, 1.165) is 19.6 Å². The van der Waals surface area contributed by atoms with Gasteiger partial charge in [-0.15, -0.1) is 0 Å². The van der Waals surface area contributed by atoms with Crippen LogP contribution in [0.15, 0.2) is 16.9 Å². The summed E-state index contributed by atoms with van der Waals surface area (Å²) in [6.45, 7) is 9.71. The van der Waals surface area contributed by atoms with Crippen molar-refractivity contribution in [1.29, 1.82) is 0 Å². The summed E-state index contributed by atoms with van der Waals surface area (Å²) in [6, 6.07) is 3.33. The van der Waals surface area contributed by atoms with E-state index in [9.17, 15) is 14.4 Å². The number of hydrogen-bond donors (Lipinski definition) is 1. The van der Waals surface area contributed by atoms with Crippen molar-refractivity contribution in [3.05, 3.63) is 28.2 Å². The highest BCUT2D eigenvalue weighted by atomic mass is 16.2. The van der Waals surface area contributed by atoms with Gasteiger partial charge in [0.05, 0.1) is 0 Å². The second-order valence-corrected chi connectivity index (χ2v) is 6.00. The summed E-state index contributed by atoms with van der Waals surface area (Å²) in [5.41, 5.74) is 0.587. The summed E-state index contributed by atoms with van der Waals surface area (Å²) >= 11 is 0. The van der Waals surface area contributed by atoms with Gasteiger partial charge in [0.1, 0.15) is 12.2 Å². The van der Waals surface area contributed by atoms with Crippen LogP contribution in [0.5, 0.6) is 0 Å². The van der Waals surface area contributed by atoms with Crippen LogP contribution in [0.3, 0.4) is 0 Å². The molecule has 2 amide bonds. The second kappa shape index (κ2) is 8.10. The number of pyridine rings is 1. The minimum absolute atomic E-state index is 0.00657. The zero-order valence-corrected chi connectivity index (χ0v) is 14.7. The molecule has 1 aliphatic rings. The molecule has 0 spiro atoms. The summed E-state index contributed by atoms with van der Waals surface area (Å²) in [6.07, 6.45) is 0.300. The van der Waals surface area contributed by atoms with Gasteiger partial charge in [-0.2, -0.15) is 0 Å². The molecule has 7 heteroatoms. The Labute approximate surface area is 142 Å². The molecule has 1 aromatic heterocycles. The Bertz CT molecular complexity index is 660. The molecule has 1 N–H and O–H groups in total. The smallest absolute Gasteiger partial charge is 0.274 e. The molecule has 0 atom stereocenters. The van der Waals surface area contributed by atoms with E-state index in [1.54, 1.807) is 30.9 Å². The van der Waals surface area contributed by atoms with Crippen molar-refractivity contribution in [3.8, 4) is 0 Å². The fourth-order valence-electron chi connectivity index (χ4n) is 2.75. The predicted molar refractivity (Wildman–Crippen MR) is 93.1 cm³/mol. The van der Waals surface area contributed by atoms with E-state index in [-0.39, 0.29) is 29.6 Å². The minimum Gasteiger partial charge on any atom is -0.339 e. The first kappa shape index (κ1) is 18.2. The molecule has 24 heavy (non-hydrogen) atoms. The van der Waals surface area contributed by atoms with Crippen LogP contribution in [0.25, 0.3) is 0 Å². The molecular weight excluding hydrogens is 308 g/mol. The van der Waals surface area contributed by atoms with Gasteiger partial charge < -0.3 is 19.7 Å². The number of rotatable bonds is 5. The zero-order chi connectivity index (χ0) is 17.7. The molecule has 1 fully saturated rings. The third kappa shape index (κ3) is 4.23. The lowest BCUT2D eigenvalue weighted by Gasteiger charge is -2.34. The van der Waals surface area contributed by atoms with Gasteiger partial charge in [0, 0.05) is 38.3 Å². The molecule has 0 unspecified atom stereocenters. The predicted octanol–water partition coefficient (Wildman–Crippen LogP) is 0.669. The highest BCUT2D eigenvalue weighted by molar-refractivity contribution is 5.90. The zero-order valence-electron chi connectivity index (χ0n) is 14.7. The van der Waals surface area contributed by atoms with Crippen LogP contribution in [0.2, 0.25) is 0 Å². The van der Waals surface area contributed by atoms with Gasteiger partial charge in [-0.05, 0) is 25.6 Å². The monoisotopic (exact) mass is 334 g/mol. The van der Waals surface area contributed by atoms with E-state index in [1.807, 2.05) is 0 Å². The molecule has 0 aromatic carbocycles. The van der Waals surface area contributed by atoms with E-state index in [1.165, 1.54) is 4.57 Å². The Morgan fingerprint density at radius 2 is 1.79 bits per heavy atom. The highest BCUT2D eigenvalue weighted by Crippen LogP contribution is 2.07. The fraction of sp³-hybridized carbons (Fsp3) is 0.588. The number of carbonyl (C=O) groups excluding carboxylic acids is 2. The maximum Gasteiger partial charge on any atom is 0.274 e. The van der Waals surface area contributed by atoms with Crippen LogP contribution in [-0.2, 0) is 16.1 Å². The first-order valence-electron chi connectivity index (χ1n) is 8.46. The summed E-state index contributed by atoms with van der Waals surface area (Å²) < 4.78 is 1.43. The van der Waals surface area contributed by atoms with E-state index >= 15 is 0 Å². The molecule has 7 nitrogen and oxygen atoms in total. The average Bonchev–Trinajstić information content (AvgIpc) is 2.60. The van der Waals surface area contributed by atoms with E-state index in [2.05, 4.69) is 17.1 Å². The number of amides is 2. The Morgan fingerprint density at radius 1 is 1.12 bits per heavy atom. The average molecular weight is 334 g/mol. The van der Waals surface area contributed by atoms with Crippen LogP contribution in [0, 0.1) is 6.92 Å². The molecule has 0 radical (unpaired) electrons. The van der Waals surface area contributed by atoms with Crippen molar-refractivity contribution < 1.29 is 9.59 Å². The van der Waals surface area contributed by atoms with Crippen molar-refractivity contribution in [2.24, 2.45) is 0 Å². The van der Waals surface area contributed by atoms with Crippen LogP contribution < -0.4 is 10.9 Å². The van der Waals surface area contributed by atoms with Gasteiger partial charge >= 0.3 is 0 Å².